The molecule has 1 heterocycles. The van der Waals surface area contributed by atoms with Gasteiger partial charge in [-0.2, -0.15) is 5.26 Å². The second-order valence-corrected chi connectivity index (χ2v) is 4.95. The zero-order chi connectivity index (χ0) is 15.2. The number of nitrogens with one attached hydrogen (secondary N) is 1. The largest absolute Gasteiger partial charge is 0.495 e. The lowest BCUT2D eigenvalue weighted by Crippen LogP contribution is -2.37. The Balaban J connectivity index is 2.13. The Morgan fingerprint density at radius 3 is 3.05 bits per heavy atom. The summed E-state index contributed by atoms with van der Waals surface area (Å²) in [5.74, 6) is -0.00866. The number of ether oxygens (including phenoxy) is 2. The van der Waals surface area contributed by atoms with Crippen LogP contribution in [-0.4, -0.2) is 32.3 Å². The number of primary amides is 1. The number of nitrogens with two attached hydrogens (primary N) is 1. The van der Waals surface area contributed by atoms with Crippen LogP contribution >= 0.6 is 0 Å². The summed E-state index contributed by atoms with van der Waals surface area (Å²) in [5, 5.41) is 12.2. The van der Waals surface area contributed by atoms with Gasteiger partial charge in [-0.05, 0) is 30.5 Å². The van der Waals surface area contributed by atoms with Crippen LogP contribution in [0.1, 0.15) is 30.0 Å². The SMILES string of the molecule is COc1ccc(C(NCC2CCCO2)C(N)=O)cc1C#N. The summed E-state index contributed by atoms with van der Waals surface area (Å²) in [5.41, 5.74) is 6.49. The Labute approximate surface area is 123 Å². The Hall–Kier alpha value is -2.10. The number of nitrogens with zero attached hydrogens (tertiary/aromatic N) is 1. The van der Waals surface area contributed by atoms with Crippen molar-refractivity contribution >= 4 is 5.91 Å². The molecule has 1 aliphatic rings. The highest BCUT2D eigenvalue weighted by atomic mass is 16.5. The average Bonchev–Trinajstić information content (AvgIpc) is 3.00. The molecule has 112 valence electrons. The summed E-state index contributed by atoms with van der Waals surface area (Å²) in [6.07, 6.45) is 2.12. The molecule has 0 radical (unpaired) electrons. The zero-order valence-electron chi connectivity index (χ0n) is 12.0. The number of amides is 1. The quantitative estimate of drug-likeness (QED) is 0.809. The Morgan fingerprint density at radius 1 is 1.67 bits per heavy atom. The lowest BCUT2D eigenvalue weighted by atomic mass is 10.0. The Morgan fingerprint density at radius 2 is 2.48 bits per heavy atom. The summed E-state index contributed by atoms with van der Waals surface area (Å²) in [7, 11) is 1.50. The third kappa shape index (κ3) is 3.72. The molecule has 3 N–H and O–H groups in total. The summed E-state index contributed by atoms with van der Waals surface area (Å²) in [6, 6.07) is 6.42. The molecule has 1 saturated heterocycles. The molecule has 0 spiro atoms. The molecule has 6 heteroatoms. The Kier molecular flexibility index (Phi) is 5.14. The molecule has 1 aromatic rings. The van der Waals surface area contributed by atoms with Crippen molar-refractivity contribution in [1.29, 1.82) is 5.26 Å². The minimum atomic E-state index is -0.646. The van der Waals surface area contributed by atoms with Gasteiger partial charge < -0.3 is 15.2 Å². The van der Waals surface area contributed by atoms with Gasteiger partial charge >= 0.3 is 0 Å². The van der Waals surface area contributed by atoms with Crippen molar-refractivity contribution in [3.05, 3.63) is 29.3 Å². The number of hydrogen-bond acceptors (Lipinski definition) is 5. The summed E-state index contributed by atoms with van der Waals surface area (Å²) >= 11 is 0. The number of methoxy groups -OCH3 is 1. The van der Waals surface area contributed by atoms with Gasteiger partial charge in [0.15, 0.2) is 0 Å². The first-order valence-corrected chi connectivity index (χ1v) is 6.88. The monoisotopic (exact) mass is 289 g/mol. The van der Waals surface area contributed by atoms with E-state index < -0.39 is 11.9 Å². The number of benzene rings is 1. The summed E-state index contributed by atoms with van der Waals surface area (Å²) in [4.78, 5) is 11.7. The first-order valence-electron chi connectivity index (χ1n) is 6.88. The van der Waals surface area contributed by atoms with E-state index in [4.69, 9.17) is 20.5 Å². The maximum atomic E-state index is 11.7. The molecule has 0 aliphatic carbocycles. The molecule has 1 amide bonds. The number of carbonyl (C=O) groups excluding carboxylic acids is 1. The summed E-state index contributed by atoms with van der Waals surface area (Å²) in [6.45, 7) is 1.32. The Bertz CT molecular complexity index is 548. The van der Waals surface area contributed by atoms with Crippen LogP contribution < -0.4 is 15.8 Å². The van der Waals surface area contributed by atoms with E-state index in [1.165, 1.54) is 7.11 Å². The highest BCUT2D eigenvalue weighted by Gasteiger charge is 2.22. The van der Waals surface area contributed by atoms with Crippen molar-refractivity contribution in [2.45, 2.75) is 25.0 Å². The predicted octanol–water partition coefficient (Wildman–Crippen LogP) is 0.862. The van der Waals surface area contributed by atoms with Gasteiger partial charge in [0, 0.05) is 13.2 Å². The van der Waals surface area contributed by atoms with Crippen molar-refractivity contribution in [2.24, 2.45) is 5.73 Å². The molecule has 2 unspecified atom stereocenters. The molecule has 6 nitrogen and oxygen atoms in total. The van der Waals surface area contributed by atoms with E-state index in [0.29, 0.717) is 23.4 Å². The highest BCUT2D eigenvalue weighted by molar-refractivity contribution is 5.81. The van der Waals surface area contributed by atoms with Crippen LogP contribution in [0.3, 0.4) is 0 Å². The normalized spacial score (nSPS) is 19.0. The van der Waals surface area contributed by atoms with Gasteiger partial charge in [-0.3, -0.25) is 10.1 Å². The lowest BCUT2D eigenvalue weighted by molar-refractivity contribution is -0.120. The first kappa shape index (κ1) is 15.3. The van der Waals surface area contributed by atoms with E-state index in [2.05, 4.69) is 5.32 Å². The fraction of sp³-hybridized carbons (Fsp3) is 0.467. The van der Waals surface area contributed by atoms with Crippen molar-refractivity contribution in [1.82, 2.24) is 5.32 Å². The van der Waals surface area contributed by atoms with Gasteiger partial charge in [-0.1, -0.05) is 6.07 Å². The molecule has 21 heavy (non-hydrogen) atoms. The molecule has 0 aromatic heterocycles. The predicted molar refractivity (Wildman–Crippen MR) is 76.6 cm³/mol. The van der Waals surface area contributed by atoms with Gasteiger partial charge in [-0.15, -0.1) is 0 Å². The van der Waals surface area contributed by atoms with E-state index in [0.717, 1.165) is 19.4 Å². The second kappa shape index (κ2) is 7.07. The van der Waals surface area contributed by atoms with Gasteiger partial charge in [0.2, 0.25) is 5.91 Å². The average molecular weight is 289 g/mol. The van der Waals surface area contributed by atoms with Crippen LogP contribution in [0.4, 0.5) is 0 Å². The van der Waals surface area contributed by atoms with Gasteiger partial charge in [-0.25, -0.2) is 0 Å². The number of carbonyl (C=O) groups is 1. The molecular weight excluding hydrogens is 270 g/mol. The molecule has 2 rings (SSSR count). The molecule has 0 saturated carbocycles. The van der Waals surface area contributed by atoms with E-state index in [9.17, 15) is 4.79 Å². The van der Waals surface area contributed by atoms with Crippen molar-refractivity contribution in [2.75, 3.05) is 20.3 Å². The zero-order valence-corrected chi connectivity index (χ0v) is 12.0. The number of hydrogen-bond donors (Lipinski definition) is 2. The van der Waals surface area contributed by atoms with E-state index in [-0.39, 0.29) is 6.10 Å². The standard InChI is InChI=1S/C15H19N3O3/c1-20-13-5-4-10(7-11(13)8-16)14(15(17)19)18-9-12-3-2-6-21-12/h4-5,7,12,14,18H,2-3,6,9H2,1H3,(H2,17,19). The van der Waals surface area contributed by atoms with Gasteiger partial charge in [0.25, 0.3) is 0 Å². The van der Waals surface area contributed by atoms with Crippen molar-refractivity contribution in [3.63, 3.8) is 0 Å². The van der Waals surface area contributed by atoms with Crippen LogP contribution in [0, 0.1) is 11.3 Å². The molecule has 0 bridgehead atoms. The topological polar surface area (TPSA) is 97.4 Å². The van der Waals surface area contributed by atoms with Gasteiger partial charge in [0.05, 0.1) is 18.8 Å². The molecule has 1 aromatic carbocycles. The second-order valence-electron chi connectivity index (χ2n) is 4.95. The smallest absolute Gasteiger partial charge is 0.239 e. The fourth-order valence-corrected chi connectivity index (χ4v) is 2.43. The molecule has 1 aliphatic heterocycles. The molecular formula is C15H19N3O3. The minimum absolute atomic E-state index is 0.112. The van der Waals surface area contributed by atoms with Crippen LogP contribution in [-0.2, 0) is 9.53 Å². The van der Waals surface area contributed by atoms with E-state index >= 15 is 0 Å². The highest BCUT2D eigenvalue weighted by Crippen LogP contribution is 2.23. The van der Waals surface area contributed by atoms with Crippen molar-refractivity contribution < 1.29 is 14.3 Å². The molecule has 1 fully saturated rings. The van der Waals surface area contributed by atoms with Crippen LogP contribution in [0.5, 0.6) is 5.75 Å². The van der Waals surface area contributed by atoms with Crippen LogP contribution in [0.2, 0.25) is 0 Å². The maximum absolute atomic E-state index is 11.7. The first-order chi connectivity index (χ1) is 10.2. The van der Waals surface area contributed by atoms with E-state index in [1.807, 2.05) is 6.07 Å². The minimum Gasteiger partial charge on any atom is -0.495 e. The van der Waals surface area contributed by atoms with E-state index in [1.54, 1.807) is 18.2 Å². The third-order valence-corrected chi connectivity index (χ3v) is 3.54. The van der Waals surface area contributed by atoms with Crippen LogP contribution in [0.25, 0.3) is 0 Å². The summed E-state index contributed by atoms with van der Waals surface area (Å²) < 4.78 is 10.6. The lowest BCUT2D eigenvalue weighted by Gasteiger charge is -2.19. The number of rotatable bonds is 6. The van der Waals surface area contributed by atoms with Crippen molar-refractivity contribution in [3.8, 4) is 11.8 Å². The molecule has 2 atom stereocenters. The fourth-order valence-electron chi connectivity index (χ4n) is 2.43. The third-order valence-electron chi connectivity index (χ3n) is 3.54. The van der Waals surface area contributed by atoms with Gasteiger partial charge in [0.1, 0.15) is 17.9 Å². The van der Waals surface area contributed by atoms with Crippen LogP contribution in [0.15, 0.2) is 18.2 Å². The maximum Gasteiger partial charge on any atom is 0.239 e. The number of nitriles is 1.